The summed E-state index contributed by atoms with van der Waals surface area (Å²) in [6.45, 7) is 4.60. The van der Waals surface area contributed by atoms with Gasteiger partial charge < -0.3 is 14.6 Å². The molecule has 0 atom stereocenters. The summed E-state index contributed by atoms with van der Waals surface area (Å²) < 4.78 is 13.6. The molecule has 0 bridgehead atoms. The molecule has 20 heteroatoms. The number of phenolic OH excluding ortho intramolecular Hbond substituents is 4. The summed E-state index contributed by atoms with van der Waals surface area (Å²) >= 11 is -0.638. The Morgan fingerprint density at radius 1 is 0.333 bits per heavy atom. The molecule has 1 aliphatic rings. The molecule has 0 radical (unpaired) electrons. The van der Waals surface area contributed by atoms with Crippen LogP contribution in [0.4, 0.5) is 0 Å². The molecule has 0 amide bonds. The number of fused-ring (bicyclic) bond motifs is 12. The largest absolute Gasteiger partial charge is 0.507 e. The van der Waals surface area contributed by atoms with Crippen LogP contribution in [0.1, 0.15) is 26.7 Å². The number of furan rings is 1. The molecule has 0 spiro atoms. The Kier molecular flexibility index (Phi) is 25.8. The fourth-order valence-corrected chi connectivity index (χ4v) is 29.0. The molecular formula is C94H66GeN8Ni4O5SSe-4. The number of aromatic hydroxyl groups is 4. The fraction of sp³-hybridized carbons (Fsp3) is 0.0638. The van der Waals surface area contributed by atoms with E-state index in [-0.39, 0.29) is 103 Å². The van der Waals surface area contributed by atoms with Crippen LogP contribution in [-0.2, 0) is 66.0 Å². The van der Waals surface area contributed by atoms with Crippen molar-refractivity contribution in [3.05, 3.63) is 316 Å². The fourth-order valence-electron chi connectivity index (χ4n) is 14.5. The van der Waals surface area contributed by atoms with Crippen LogP contribution in [-0.4, -0.2) is 88.1 Å². The normalized spacial score (nSPS) is 11.5. The predicted molar refractivity (Wildman–Crippen MR) is 446 cm³/mol. The van der Waals surface area contributed by atoms with Crippen LogP contribution in [0.3, 0.4) is 0 Å². The zero-order chi connectivity index (χ0) is 74.7. The number of hydrogen-bond donors (Lipinski definition) is 4. The molecule has 0 saturated carbocycles. The third-order valence-electron chi connectivity index (χ3n) is 19.6. The van der Waals surface area contributed by atoms with Gasteiger partial charge in [-0.15, -0.1) is 30.3 Å². The number of benzene rings is 8. The van der Waals surface area contributed by atoms with Crippen LogP contribution in [0.15, 0.2) is 296 Å². The maximum Gasteiger partial charge on any atom is 0.124 e. The zero-order valence-corrected chi connectivity index (χ0v) is 69.5. The first-order valence-electron chi connectivity index (χ1n) is 36.2. The van der Waals surface area contributed by atoms with Crippen LogP contribution in [0, 0.1) is 24.3 Å². The van der Waals surface area contributed by atoms with Gasteiger partial charge >= 0.3 is 349 Å². The molecule has 8 aromatic carbocycles. The number of aromatic nitrogens is 8. The summed E-state index contributed by atoms with van der Waals surface area (Å²) in [7, 11) is 0. The van der Waals surface area contributed by atoms with E-state index in [4.69, 9.17) is 24.4 Å². The molecule has 0 unspecified atom stereocenters. The van der Waals surface area contributed by atoms with Crippen molar-refractivity contribution in [2.75, 3.05) is 0 Å². The van der Waals surface area contributed by atoms with Crippen LogP contribution < -0.4 is 8.79 Å². The quantitative estimate of drug-likeness (QED) is 0.0666. The predicted octanol–water partition coefficient (Wildman–Crippen LogP) is 21.2. The van der Waals surface area contributed by atoms with Crippen LogP contribution in [0.25, 0.3) is 163 Å². The molecule has 4 N–H and O–H groups in total. The standard InChI is InChI=1S/C28H27GeN2O.C22H13N2O2.C22H13N2OS.C22H13N2OSe.4Ni/c1-3-16-29(17-4-2)23-13-12-20(25-10-7-8-18-30-25)19-22(23)28-24(29)14-15-26(31-28)21-9-5-6-11-27(21)32;3*25-19-7-2-1-5-15(19)18-9-11-21-22(24-18)16-13-14(8-10-20(16)26-21)17-6-3-4-12-23-17;;;;/h5-15,18,32H,3-4,16-17H2,1-2H3;3*1-12,25H;;;;/q4*-1;;;;. The van der Waals surface area contributed by atoms with E-state index in [9.17, 15) is 20.4 Å². The van der Waals surface area contributed by atoms with Crippen LogP contribution in [0.5, 0.6) is 23.0 Å². The van der Waals surface area contributed by atoms with Crippen molar-refractivity contribution in [2.24, 2.45) is 0 Å². The van der Waals surface area contributed by atoms with Crippen molar-refractivity contribution in [1.82, 2.24) is 39.9 Å². The number of pyridine rings is 8. The van der Waals surface area contributed by atoms with E-state index >= 15 is 0 Å². The van der Waals surface area contributed by atoms with Gasteiger partial charge in [0.1, 0.15) is 17.1 Å². The second-order valence-electron chi connectivity index (χ2n) is 26.5. The average Bonchev–Trinajstić information content (AvgIpc) is 1.56. The minimum atomic E-state index is -2.57. The number of nitrogens with zero attached hydrogens (tertiary/aromatic N) is 8. The third kappa shape index (κ3) is 16.4. The van der Waals surface area contributed by atoms with E-state index in [1.165, 1.54) is 40.7 Å². The Labute approximate surface area is 711 Å². The van der Waals surface area contributed by atoms with Crippen molar-refractivity contribution in [2.45, 2.75) is 37.2 Å². The van der Waals surface area contributed by atoms with Gasteiger partial charge in [0.2, 0.25) is 0 Å². The Morgan fingerprint density at radius 2 is 0.719 bits per heavy atom. The minimum Gasteiger partial charge on any atom is -0.507 e. The van der Waals surface area contributed by atoms with Gasteiger partial charge in [-0.25, -0.2) is 0 Å². The Morgan fingerprint density at radius 3 is 1.23 bits per heavy atom. The third-order valence-corrected chi connectivity index (χ3v) is 34.8. The van der Waals surface area contributed by atoms with Crippen molar-refractivity contribution in [1.29, 1.82) is 0 Å². The van der Waals surface area contributed by atoms with Gasteiger partial charge in [-0.05, 0) is 65.4 Å². The minimum absolute atomic E-state index is 0. The van der Waals surface area contributed by atoms with Crippen molar-refractivity contribution >= 4 is 110 Å². The Bertz CT molecular complexity index is 6150. The summed E-state index contributed by atoms with van der Waals surface area (Å²) in [5.41, 5.74) is 19.6. The van der Waals surface area contributed by atoms with Gasteiger partial charge in [0, 0.05) is 111 Å². The van der Waals surface area contributed by atoms with Crippen LogP contribution >= 0.6 is 11.3 Å². The first-order valence-corrected chi connectivity index (χ1v) is 43.8. The number of para-hydroxylation sites is 4. The molecular weight excluding hydrogens is 1740 g/mol. The van der Waals surface area contributed by atoms with Gasteiger partial charge in [-0.2, -0.15) is 11.3 Å². The van der Waals surface area contributed by atoms with Gasteiger partial charge in [0.15, 0.2) is 0 Å². The smallest absolute Gasteiger partial charge is 0.124 e. The number of thiophene rings is 1. The van der Waals surface area contributed by atoms with E-state index in [0.717, 1.165) is 138 Å². The van der Waals surface area contributed by atoms with Gasteiger partial charge in [0.05, 0.1) is 22.5 Å². The summed E-state index contributed by atoms with van der Waals surface area (Å²) in [4.78, 5) is 37.3. The first-order chi connectivity index (χ1) is 54.1. The molecule has 1 aliphatic heterocycles. The summed E-state index contributed by atoms with van der Waals surface area (Å²) in [5, 5.41) is 46.2. The monoisotopic (exact) mass is 1800 g/mol. The Hall–Kier alpha value is -10.8. The molecule has 572 valence electrons. The van der Waals surface area contributed by atoms with E-state index in [0.29, 0.717) is 16.8 Å². The molecule has 12 heterocycles. The second-order valence-corrected chi connectivity index (χ2v) is 38.8. The molecule has 11 aromatic heterocycles. The van der Waals surface area contributed by atoms with Gasteiger partial charge in [0.25, 0.3) is 0 Å². The van der Waals surface area contributed by atoms with E-state index in [1.807, 2.05) is 188 Å². The van der Waals surface area contributed by atoms with E-state index < -0.39 is 13.3 Å². The van der Waals surface area contributed by atoms with Crippen molar-refractivity contribution in [3.63, 3.8) is 0 Å². The summed E-state index contributed by atoms with van der Waals surface area (Å²) in [6.07, 6.45) is 9.53. The number of hydrogen-bond acceptors (Lipinski definition) is 14. The topological polar surface area (TPSA) is 197 Å². The maximum atomic E-state index is 10.4. The first kappa shape index (κ1) is 81.2. The molecule has 13 nitrogen and oxygen atoms in total. The molecule has 0 fully saturated rings. The number of rotatable bonds is 12. The van der Waals surface area contributed by atoms with Crippen molar-refractivity contribution < 1.29 is 90.8 Å². The van der Waals surface area contributed by atoms with Crippen LogP contribution in [0.2, 0.25) is 10.5 Å². The molecule has 114 heavy (non-hydrogen) atoms. The average molecular weight is 1810 g/mol. The Balaban J connectivity index is 0.000000132. The molecule has 19 aromatic rings. The van der Waals surface area contributed by atoms with Gasteiger partial charge in [-0.3, -0.25) is 19.9 Å². The zero-order valence-electron chi connectivity index (χ0n) is 60.9. The van der Waals surface area contributed by atoms with Crippen molar-refractivity contribution in [3.8, 4) is 124 Å². The molecule has 0 aliphatic carbocycles. The van der Waals surface area contributed by atoms with E-state index in [1.54, 1.807) is 60.3 Å². The van der Waals surface area contributed by atoms with Gasteiger partial charge in [-0.1, -0.05) is 76.5 Å². The molecule has 0 saturated heterocycles. The summed E-state index contributed by atoms with van der Waals surface area (Å²) in [5.74, 6) is 0.941. The molecule has 20 rings (SSSR count). The second kappa shape index (κ2) is 36.1. The SMILES string of the molecule is CC[CH2][Ge]1([CH2]CC)[c]2ccc(-c3ccccn3)[c-]c2-c2nc(-c3ccccc3O)cc[c]21.Oc1ccccc1-c1ccc2[se]c3ccc(-c4ccccn4)[c-]c3c2n1.Oc1ccccc1-c1ccc2oc3ccc(-c4ccccn4)[c-]c3c2n1.Oc1ccccc1-c1ccc2sc3ccc(-c4ccccn4)[c-]c3c2n1.[Ni].[Ni].[Ni].[Ni]. The van der Waals surface area contributed by atoms with E-state index in [2.05, 4.69) is 113 Å². The maximum absolute atomic E-state index is 10.4. The number of phenols is 4. The summed E-state index contributed by atoms with van der Waals surface area (Å²) in [6, 6.07) is 99.8.